The second-order valence-electron chi connectivity index (χ2n) is 3.82. The molecular formula is C10H8F2N2O4S. The van der Waals surface area contributed by atoms with Crippen LogP contribution >= 0.6 is 0 Å². The van der Waals surface area contributed by atoms with E-state index in [1.807, 2.05) is 5.32 Å². The average molecular weight is 290 g/mol. The van der Waals surface area contributed by atoms with Crippen LogP contribution in [0, 0.1) is 11.6 Å². The average Bonchev–Trinajstić information content (AvgIpc) is 2.31. The number of imide groups is 1. The molecule has 1 N–H and O–H groups in total. The molecule has 1 aliphatic heterocycles. The molecule has 1 heterocycles. The summed E-state index contributed by atoms with van der Waals surface area (Å²) in [5.74, 6) is -4.06. The van der Waals surface area contributed by atoms with Gasteiger partial charge in [0.1, 0.15) is 0 Å². The lowest BCUT2D eigenvalue weighted by Crippen LogP contribution is -2.53. The Kier molecular flexibility index (Phi) is 3.33. The molecule has 0 saturated carbocycles. The molecule has 9 heteroatoms. The van der Waals surface area contributed by atoms with Gasteiger partial charge in [-0.3, -0.25) is 14.9 Å². The van der Waals surface area contributed by atoms with Crippen molar-refractivity contribution in [3.8, 4) is 0 Å². The summed E-state index contributed by atoms with van der Waals surface area (Å²) in [6.45, 7) is -1.10. The molecule has 0 aromatic heterocycles. The zero-order valence-electron chi connectivity index (χ0n) is 9.39. The molecule has 0 bridgehead atoms. The van der Waals surface area contributed by atoms with Crippen LogP contribution in [0.1, 0.15) is 0 Å². The molecular weight excluding hydrogens is 282 g/mol. The molecule has 0 radical (unpaired) electrons. The lowest BCUT2D eigenvalue weighted by Gasteiger charge is -2.24. The summed E-state index contributed by atoms with van der Waals surface area (Å²) in [6.07, 6.45) is 0. The summed E-state index contributed by atoms with van der Waals surface area (Å²) < 4.78 is 50.5. The number of carbonyl (C=O) groups is 2. The fourth-order valence-electron chi connectivity index (χ4n) is 1.57. The van der Waals surface area contributed by atoms with Crippen molar-refractivity contribution in [1.82, 2.24) is 9.62 Å². The topological polar surface area (TPSA) is 83.6 Å². The Labute approximate surface area is 107 Å². The minimum absolute atomic E-state index is 0.502. The first kappa shape index (κ1) is 13.6. The Bertz CT molecular complexity index is 643. The van der Waals surface area contributed by atoms with Crippen LogP contribution in [0.3, 0.4) is 0 Å². The number of halogens is 2. The molecule has 1 fully saturated rings. The molecule has 2 rings (SSSR count). The van der Waals surface area contributed by atoms with Gasteiger partial charge in [-0.15, -0.1) is 0 Å². The predicted octanol–water partition coefficient (Wildman–Crippen LogP) is -0.388. The van der Waals surface area contributed by atoms with E-state index in [4.69, 9.17) is 0 Å². The minimum Gasteiger partial charge on any atom is -0.294 e. The van der Waals surface area contributed by atoms with Gasteiger partial charge in [0.25, 0.3) is 0 Å². The van der Waals surface area contributed by atoms with Crippen molar-refractivity contribution in [1.29, 1.82) is 0 Å². The monoisotopic (exact) mass is 290 g/mol. The lowest BCUT2D eigenvalue weighted by molar-refractivity contribution is -0.134. The SMILES string of the molecule is O=C1CN(S(=O)(=O)c2ccc(F)c(F)c2)CC(=O)N1. The Morgan fingerprint density at radius 2 is 1.63 bits per heavy atom. The number of nitrogens with one attached hydrogen (secondary N) is 1. The van der Waals surface area contributed by atoms with Crippen molar-refractivity contribution in [2.45, 2.75) is 4.90 Å². The lowest BCUT2D eigenvalue weighted by atomic mass is 10.3. The van der Waals surface area contributed by atoms with Crippen LogP contribution in [-0.2, 0) is 19.6 Å². The quantitative estimate of drug-likeness (QED) is 0.752. The molecule has 6 nitrogen and oxygen atoms in total. The number of piperazine rings is 1. The summed E-state index contributed by atoms with van der Waals surface area (Å²) in [5, 5.41) is 1.94. The Morgan fingerprint density at radius 1 is 1.05 bits per heavy atom. The smallest absolute Gasteiger partial charge is 0.244 e. The highest BCUT2D eigenvalue weighted by molar-refractivity contribution is 7.89. The van der Waals surface area contributed by atoms with Gasteiger partial charge in [0.15, 0.2) is 11.6 Å². The second kappa shape index (κ2) is 4.67. The summed E-state index contributed by atoms with van der Waals surface area (Å²) in [5.41, 5.74) is 0. The van der Waals surface area contributed by atoms with Crippen molar-refractivity contribution < 1.29 is 26.8 Å². The molecule has 1 aliphatic rings. The Hall–Kier alpha value is -1.87. The summed E-state index contributed by atoms with van der Waals surface area (Å²) in [6, 6.07) is 2.03. The van der Waals surface area contributed by atoms with Crippen LogP contribution in [-0.4, -0.2) is 37.6 Å². The Morgan fingerprint density at radius 3 is 2.16 bits per heavy atom. The van der Waals surface area contributed by atoms with Crippen LogP contribution in [0.2, 0.25) is 0 Å². The van der Waals surface area contributed by atoms with Crippen LogP contribution in [0.15, 0.2) is 23.1 Å². The number of amides is 2. The number of rotatable bonds is 2. The fraction of sp³-hybridized carbons (Fsp3) is 0.200. The number of carbonyl (C=O) groups excluding carboxylic acids is 2. The molecule has 0 aliphatic carbocycles. The number of benzene rings is 1. The van der Waals surface area contributed by atoms with E-state index in [9.17, 15) is 26.8 Å². The highest BCUT2D eigenvalue weighted by atomic mass is 32.2. The summed E-state index contributed by atoms with van der Waals surface area (Å²) in [4.78, 5) is 21.7. The van der Waals surface area contributed by atoms with Gasteiger partial charge >= 0.3 is 0 Å². The highest BCUT2D eigenvalue weighted by Crippen LogP contribution is 2.19. The zero-order valence-corrected chi connectivity index (χ0v) is 10.2. The third-order valence-electron chi connectivity index (χ3n) is 2.45. The van der Waals surface area contributed by atoms with Crippen LogP contribution in [0.25, 0.3) is 0 Å². The van der Waals surface area contributed by atoms with E-state index in [0.29, 0.717) is 16.4 Å². The fourth-order valence-corrected chi connectivity index (χ4v) is 2.93. The first-order valence-corrected chi connectivity index (χ1v) is 6.52. The van der Waals surface area contributed by atoms with Gasteiger partial charge in [-0.1, -0.05) is 0 Å². The number of sulfonamides is 1. The normalized spacial score (nSPS) is 17.4. The van der Waals surface area contributed by atoms with E-state index in [1.54, 1.807) is 0 Å². The standard InChI is InChI=1S/C10H8F2N2O4S/c11-7-2-1-6(3-8(7)12)19(17,18)14-4-9(15)13-10(16)5-14/h1-3H,4-5H2,(H,13,15,16). The maximum absolute atomic E-state index is 13.0. The van der Waals surface area contributed by atoms with E-state index < -0.39 is 51.5 Å². The van der Waals surface area contributed by atoms with E-state index in [0.717, 1.165) is 6.07 Å². The highest BCUT2D eigenvalue weighted by Gasteiger charge is 2.33. The van der Waals surface area contributed by atoms with Crippen molar-refractivity contribution in [3.63, 3.8) is 0 Å². The first-order chi connectivity index (χ1) is 8.80. The van der Waals surface area contributed by atoms with Crippen molar-refractivity contribution >= 4 is 21.8 Å². The van der Waals surface area contributed by atoms with Crippen LogP contribution < -0.4 is 5.32 Å². The molecule has 1 saturated heterocycles. The van der Waals surface area contributed by atoms with E-state index in [1.165, 1.54) is 0 Å². The maximum Gasteiger partial charge on any atom is 0.244 e. The van der Waals surface area contributed by atoms with Gasteiger partial charge in [-0.2, -0.15) is 4.31 Å². The van der Waals surface area contributed by atoms with Gasteiger partial charge in [-0.05, 0) is 18.2 Å². The number of nitrogens with zero attached hydrogens (tertiary/aromatic N) is 1. The van der Waals surface area contributed by atoms with Crippen molar-refractivity contribution in [2.75, 3.05) is 13.1 Å². The van der Waals surface area contributed by atoms with Gasteiger partial charge in [0.05, 0.1) is 18.0 Å². The summed E-state index contributed by atoms with van der Waals surface area (Å²) >= 11 is 0. The first-order valence-electron chi connectivity index (χ1n) is 5.08. The molecule has 0 spiro atoms. The van der Waals surface area contributed by atoms with Crippen molar-refractivity contribution in [3.05, 3.63) is 29.8 Å². The maximum atomic E-state index is 13.0. The molecule has 19 heavy (non-hydrogen) atoms. The van der Waals surface area contributed by atoms with E-state index in [-0.39, 0.29) is 0 Å². The predicted molar refractivity (Wildman–Crippen MR) is 58.3 cm³/mol. The Balaban J connectivity index is 2.39. The van der Waals surface area contributed by atoms with Gasteiger partial charge in [0.2, 0.25) is 21.8 Å². The van der Waals surface area contributed by atoms with Crippen LogP contribution in [0.5, 0.6) is 0 Å². The second-order valence-corrected chi connectivity index (χ2v) is 5.76. The molecule has 1 aromatic rings. The molecule has 2 amide bonds. The van der Waals surface area contributed by atoms with Gasteiger partial charge in [-0.25, -0.2) is 17.2 Å². The third kappa shape index (κ3) is 2.61. The van der Waals surface area contributed by atoms with Gasteiger partial charge < -0.3 is 0 Å². The minimum atomic E-state index is -4.22. The zero-order chi connectivity index (χ0) is 14.2. The van der Waals surface area contributed by atoms with Crippen molar-refractivity contribution in [2.24, 2.45) is 0 Å². The number of hydrogen-bond acceptors (Lipinski definition) is 4. The largest absolute Gasteiger partial charge is 0.294 e. The molecule has 0 unspecified atom stereocenters. The van der Waals surface area contributed by atoms with Gasteiger partial charge in [0, 0.05) is 0 Å². The molecule has 0 atom stereocenters. The van der Waals surface area contributed by atoms with E-state index in [2.05, 4.69) is 0 Å². The molecule has 102 valence electrons. The molecule has 1 aromatic carbocycles. The number of hydrogen-bond donors (Lipinski definition) is 1. The van der Waals surface area contributed by atoms with E-state index >= 15 is 0 Å². The summed E-state index contributed by atoms with van der Waals surface area (Å²) in [7, 11) is -4.22. The van der Waals surface area contributed by atoms with Crippen LogP contribution in [0.4, 0.5) is 8.78 Å². The third-order valence-corrected chi connectivity index (χ3v) is 4.24.